The van der Waals surface area contributed by atoms with Crippen molar-refractivity contribution in [3.8, 4) is 57.1 Å². The lowest BCUT2D eigenvalue weighted by Crippen LogP contribution is -1.97. The predicted molar refractivity (Wildman–Crippen MR) is 211 cm³/mol. The van der Waals surface area contributed by atoms with Gasteiger partial charge in [-0.25, -0.2) is 0 Å². The molecule has 0 bridgehead atoms. The van der Waals surface area contributed by atoms with Crippen molar-refractivity contribution in [2.45, 2.75) is 62.3 Å². The first-order valence-electron chi connectivity index (χ1n) is 17.3. The van der Waals surface area contributed by atoms with Gasteiger partial charge in [0.2, 0.25) is 0 Å². The van der Waals surface area contributed by atoms with Crippen molar-refractivity contribution in [1.82, 2.24) is 0 Å². The van der Waals surface area contributed by atoms with E-state index in [-0.39, 0.29) is 0 Å². The van der Waals surface area contributed by atoms with Gasteiger partial charge in [0.25, 0.3) is 0 Å². The fourth-order valence-electron chi connectivity index (χ4n) is 6.57. The van der Waals surface area contributed by atoms with Crippen molar-refractivity contribution in [1.29, 1.82) is 0 Å². The van der Waals surface area contributed by atoms with Gasteiger partial charge in [0.1, 0.15) is 46.0 Å². The Morgan fingerprint density at radius 1 is 0.353 bits per heavy atom. The largest absolute Gasteiger partial charge is 0.457 e. The summed E-state index contributed by atoms with van der Waals surface area (Å²) >= 11 is 0. The van der Waals surface area contributed by atoms with Gasteiger partial charge in [-0.15, -0.1) is 0 Å². The summed E-state index contributed by atoms with van der Waals surface area (Å²) in [4.78, 5) is 0. The van der Waals surface area contributed by atoms with Crippen molar-refractivity contribution in [3.05, 3.63) is 159 Å². The average molecular weight is 675 g/mol. The first kappa shape index (κ1) is 35.1. The van der Waals surface area contributed by atoms with Crippen LogP contribution in [0.25, 0.3) is 17.2 Å². The third-order valence-corrected chi connectivity index (χ3v) is 9.14. The smallest absolute Gasteiger partial charge is 0.133 e. The Labute approximate surface area is 302 Å². The van der Waals surface area contributed by atoms with E-state index in [9.17, 15) is 0 Å². The molecule has 0 fully saturated rings. The fourth-order valence-corrected chi connectivity index (χ4v) is 6.57. The molecular weight excluding hydrogens is 629 g/mol. The lowest BCUT2D eigenvalue weighted by atomic mass is 9.96. The van der Waals surface area contributed by atoms with Gasteiger partial charge in [0, 0.05) is 0 Å². The van der Waals surface area contributed by atoms with Crippen LogP contribution in [-0.4, -0.2) is 0 Å². The van der Waals surface area contributed by atoms with Gasteiger partial charge in [0.15, 0.2) is 0 Å². The molecule has 0 aliphatic carbocycles. The number of rotatable bonds is 10. The van der Waals surface area contributed by atoms with Crippen molar-refractivity contribution in [2.75, 3.05) is 0 Å². The standard InChI is InChI=1S/C47H46O4/c1-11-37-14-18-41(19-15-37)49-47-35(9)26-43(27-36(47)10)51-45-31(5)22-39(23-32(45)6)38-20-29(3)44(30(4)21-38)50-42-24-33(7)46(34(8)25-42)48-40-16-12-28(2)13-17-40/h11-27H,1H2,2-10H3. The Bertz CT molecular complexity index is 2150. The summed E-state index contributed by atoms with van der Waals surface area (Å²) in [6.07, 6.45) is 1.82. The van der Waals surface area contributed by atoms with Crippen LogP contribution in [0.4, 0.5) is 0 Å². The lowest BCUT2D eigenvalue weighted by molar-refractivity contribution is 0.459. The minimum atomic E-state index is 0.784. The molecule has 0 radical (unpaired) electrons. The highest BCUT2D eigenvalue weighted by Crippen LogP contribution is 2.40. The maximum absolute atomic E-state index is 6.53. The van der Waals surface area contributed by atoms with E-state index in [1.54, 1.807) is 0 Å². The number of aryl methyl sites for hydroxylation is 9. The zero-order chi connectivity index (χ0) is 36.4. The van der Waals surface area contributed by atoms with E-state index in [4.69, 9.17) is 18.9 Å². The molecule has 6 aromatic rings. The van der Waals surface area contributed by atoms with E-state index in [1.807, 2.05) is 80.6 Å². The van der Waals surface area contributed by atoms with Gasteiger partial charge < -0.3 is 18.9 Å². The molecule has 0 N–H and O–H groups in total. The molecule has 0 aromatic heterocycles. The molecule has 0 aliphatic heterocycles. The SMILES string of the molecule is C=Cc1ccc(Oc2c(C)cc(Oc3c(C)cc(-c4cc(C)c(Oc5cc(C)c(Oc6ccc(C)cc6)c(C)c5)c(C)c4)cc3C)cc2C)cc1. The quantitative estimate of drug-likeness (QED) is 0.145. The molecule has 4 heteroatoms. The molecule has 258 valence electrons. The molecule has 0 saturated carbocycles. The van der Waals surface area contributed by atoms with Gasteiger partial charge in [0.05, 0.1) is 0 Å². The Morgan fingerprint density at radius 2 is 0.627 bits per heavy atom. The molecule has 4 nitrogen and oxygen atoms in total. The number of ether oxygens (including phenoxy) is 4. The maximum atomic E-state index is 6.53. The summed E-state index contributed by atoms with van der Waals surface area (Å²) in [5, 5.41) is 0. The van der Waals surface area contributed by atoms with Crippen LogP contribution in [0.3, 0.4) is 0 Å². The molecule has 6 aromatic carbocycles. The van der Waals surface area contributed by atoms with Crippen molar-refractivity contribution >= 4 is 6.08 Å². The number of hydrogen-bond donors (Lipinski definition) is 0. The normalized spacial score (nSPS) is 10.9. The van der Waals surface area contributed by atoms with Gasteiger partial charge in [-0.2, -0.15) is 0 Å². The first-order chi connectivity index (χ1) is 24.4. The molecule has 0 heterocycles. The van der Waals surface area contributed by atoms with Crippen LogP contribution in [0.1, 0.15) is 55.6 Å². The molecule has 0 amide bonds. The highest BCUT2D eigenvalue weighted by molar-refractivity contribution is 5.71. The molecule has 51 heavy (non-hydrogen) atoms. The topological polar surface area (TPSA) is 36.9 Å². The summed E-state index contributed by atoms with van der Waals surface area (Å²) in [5.74, 6) is 6.61. The average Bonchev–Trinajstić information content (AvgIpc) is 3.08. The second-order valence-corrected chi connectivity index (χ2v) is 13.6. The highest BCUT2D eigenvalue weighted by Gasteiger charge is 2.16. The Hall–Kier alpha value is -5.74. The van der Waals surface area contributed by atoms with E-state index in [2.05, 4.69) is 91.4 Å². The summed E-state index contributed by atoms with van der Waals surface area (Å²) in [6, 6.07) is 33.0. The summed E-state index contributed by atoms with van der Waals surface area (Å²) in [5.41, 5.74) is 12.9. The molecule has 0 unspecified atom stereocenters. The van der Waals surface area contributed by atoms with E-state index in [0.717, 1.165) is 107 Å². The second-order valence-electron chi connectivity index (χ2n) is 13.6. The van der Waals surface area contributed by atoms with Crippen LogP contribution in [0, 0.1) is 62.3 Å². The van der Waals surface area contributed by atoms with Crippen LogP contribution in [-0.2, 0) is 0 Å². The third-order valence-electron chi connectivity index (χ3n) is 9.14. The van der Waals surface area contributed by atoms with Crippen molar-refractivity contribution in [2.24, 2.45) is 0 Å². The van der Waals surface area contributed by atoms with Gasteiger partial charge in [-0.05, 0) is 196 Å². The Kier molecular flexibility index (Phi) is 10.1. The summed E-state index contributed by atoms with van der Waals surface area (Å²) in [6.45, 7) is 22.5. The zero-order valence-corrected chi connectivity index (χ0v) is 31.2. The maximum Gasteiger partial charge on any atom is 0.133 e. The molecule has 6 rings (SSSR count). The van der Waals surface area contributed by atoms with Gasteiger partial charge in [-0.3, -0.25) is 0 Å². The predicted octanol–water partition coefficient (Wildman–Crippen LogP) is 13.9. The summed E-state index contributed by atoms with van der Waals surface area (Å²) in [7, 11) is 0. The molecule has 0 saturated heterocycles. The molecular formula is C47H46O4. The molecule has 0 spiro atoms. The monoisotopic (exact) mass is 674 g/mol. The Morgan fingerprint density at radius 3 is 0.941 bits per heavy atom. The van der Waals surface area contributed by atoms with Gasteiger partial charge >= 0.3 is 0 Å². The minimum absolute atomic E-state index is 0.784. The van der Waals surface area contributed by atoms with Crippen LogP contribution in [0.15, 0.2) is 104 Å². The van der Waals surface area contributed by atoms with Crippen LogP contribution >= 0.6 is 0 Å². The third kappa shape index (κ3) is 7.86. The van der Waals surface area contributed by atoms with Crippen LogP contribution < -0.4 is 18.9 Å². The second kappa shape index (κ2) is 14.6. The van der Waals surface area contributed by atoms with E-state index < -0.39 is 0 Å². The highest BCUT2D eigenvalue weighted by atomic mass is 16.5. The van der Waals surface area contributed by atoms with E-state index >= 15 is 0 Å². The fraction of sp³-hybridized carbons (Fsp3) is 0.191. The van der Waals surface area contributed by atoms with Crippen molar-refractivity contribution in [3.63, 3.8) is 0 Å². The molecule has 0 aliphatic rings. The lowest BCUT2D eigenvalue weighted by Gasteiger charge is -2.19. The molecule has 0 atom stereocenters. The van der Waals surface area contributed by atoms with Crippen molar-refractivity contribution < 1.29 is 18.9 Å². The van der Waals surface area contributed by atoms with Gasteiger partial charge in [-0.1, -0.05) is 42.5 Å². The Balaban J connectivity index is 1.19. The van der Waals surface area contributed by atoms with E-state index in [0.29, 0.717) is 0 Å². The first-order valence-corrected chi connectivity index (χ1v) is 17.3. The number of benzene rings is 6. The van der Waals surface area contributed by atoms with Crippen LogP contribution in [0.5, 0.6) is 46.0 Å². The minimum Gasteiger partial charge on any atom is -0.457 e. The van der Waals surface area contributed by atoms with E-state index in [1.165, 1.54) is 5.56 Å². The summed E-state index contributed by atoms with van der Waals surface area (Å²) < 4.78 is 25.6. The van der Waals surface area contributed by atoms with Crippen LogP contribution in [0.2, 0.25) is 0 Å². The number of hydrogen-bond acceptors (Lipinski definition) is 4. The zero-order valence-electron chi connectivity index (χ0n) is 31.2.